The molecule has 2 rings (SSSR count). The Balaban J connectivity index is 2.29. The van der Waals surface area contributed by atoms with Crippen LogP contribution < -0.4 is 0 Å². The molecule has 1 fully saturated rings. The minimum atomic E-state index is -2.72. The van der Waals surface area contributed by atoms with E-state index in [0.29, 0.717) is 6.16 Å². The first kappa shape index (κ1) is 12.6. The molecule has 0 radical (unpaired) electrons. The first-order chi connectivity index (χ1) is 8.08. The summed E-state index contributed by atoms with van der Waals surface area (Å²) in [4.78, 5) is 0. The molecule has 1 aromatic rings. The van der Waals surface area contributed by atoms with E-state index >= 15 is 0 Å². The maximum Gasteiger partial charge on any atom is 0.276 e. The van der Waals surface area contributed by atoms with Gasteiger partial charge in [-0.2, -0.15) is 0 Å². The van der Waals surface area contributed by atoms with E-state index in [-0.39, 0.29) is 12.1 Å². The van der Waals surface area contributed by atoms with Gasteiger partial charge in [0, 0.05) is 6.04 Å². The highest BCUT2D eigenvalue weighted by atomic mass is 31.2. The molecule has 4 heteroatoms. The van der Waals surface area contributed by atoms with Crippen molar-refractivity contribution in [2.75, 3.05) is 13.2 Å². The van der Waals surface area contributed by atoms with Gasteiger partial charge in [0.1, 0.15) is 6.10 Å². The van der Waals surface area contributed by atoms with Gasteiger partial charge in [-0.1, -0.05) is 36.4 Å². The molecule has 0 amide bonds. The van der Waals surface area contributed by atoms with Crippen LogP contribution in [-0.4, -0.2) is 23.9 Å². The zero-order valence-corrected chi connectivity index (χ0v) is 11.1. The number of nitrogens with zero attached hydrogens (tertiary/aromatic N) is 1. The van der Waals surface area contributed by atoms with Crippen LogP contribution in [0.2, 0.25) is 0 Å². The number of hydrogen-bond donors (Lipinski definition) is 0. The van der Waals surface area contributed by atoms with Gasteiger partial charge in [-0.3, -0.25) is 4.57 Å². The summed E-state index contributed by atoms with van der Waals surface area (Å²) >= 11 is 0. The first-order valence-corrected chi connectivity index (χ1v) is 7.51. The zero-order chi connectivity index (χ0) is 12.5. The van der Waals surface area contributed by atoms with Crippen molar-refractivity contribution in [1.82, 2.24) is 4.67 Å². The number of rotatable bonds is 3. The Hall–Kier alpha value is -0.890. The molecular weight excluding hydrogens is 233 g/mol. The summed E-state index contributed by atoms with van der Waals surface area (Å²) in [7, 11) is -0.865. The topological polar surface area (TPSA) is 29.5 Å². The second-order valence-corrected chi connectivity index (χ2v) is 6.84. The van der Waals surface area contributed by atoms with Crippen LogP contribution in [0, 0.1) is 0 Å². The molecule has 0 spiro atoms. The summed E-state index contributed by atoms with van der Waals surface area (Å²) in [6, 6.07) is 10.1. The molecule has 92 valence electrons. The Kier molecular flexibility index (Phi) is 3.53. The molecule has 17 heavy (non-hydrogen) atoms. The minimum absolute atomic E-state index is 0.114. The molecule has 1 aromatic carbocycles. The molecule has 1 heterocycles. The van der Waals surface area contributed by atoms with Crippen LogP contribution in [0.25, 0.3) is 0 Å². The van der Waals surface area contributed by atoms with Crippen molar-refractivity contribution in [3.05, 3.63) is 48.6 Å². The van der Waals surface area contributed by atoms with Crippen LogP contribution in [0.3, 0.4) is 0 Å². The molecule has 1 aliphatic heterocycles. The van der Waals surface area contributed by atoms with E-state index in [1.807, 2.05) is 49.0 Å². The number of benzene rings is 1. The molecule has 0 aliphatic carbocycles. The van der Waals surface area contributed by atoms with Gasteiger partial charge in [-0.25, -0.2) is 4.67 Å². The predicted octanol–water partition coefficient (Wildman–Crippen LogP) is 3.46. The van der Waals surface area contributed by atoms with Crippen LogP contribution in [0.5, 0.6) is 0 Å². The highest BCUT2D eigenvalue weighted by Crippen LogP contribution is 2.61. The Morgan fingerprint density at radius 3 is 2.71 bits per heavy atom. The zero-order valence-electron chi connectivity index (χ0n) is 10.2. The summed E-state index contributed by atoms with van der Waals surface area (Å²) in [6.07, 6.45) is 1.95. The highest BCUT2D eigenvalue weighted by molar-refractivity contribution is 7.56. The lowest BCUT2D eigenvalue weighted by Crippen LogP contribution is -2.23. The van der Waals surface area contributed by atoms with Crippen molar-refractivity contribution in [2.24, 2.45) is 0 Å². The number of allylic oxidation sites excluding steroid dienone is 1. The molecule has 0 N–H and O–H groups in total. The summed E-state index contributed by atoms with van der Waals surface area (Å²) in [5.41, 5.74) is 1.08. The fourth-order valence-corrected chi connectivity index (χ4v) is 4.28. The van der Waals surface area contributed by atoms with Crippen molar-refractivity contribution in [3.63, 3.8) is 0 Å². The number of likely N-dealkylation sites (N-methyl/N-ethyl adjacent to an activating group) is 1. The minimum Gasteiger partial charge on any atom is -0.307 e. The Morgan fingerprint density at radius 1 is 1.47 bits per heavy atom. The predicted molar refractivity (Wildman–Crippen MR) is 70.2 cm³/mol. The highest BCUT2D eigenvalue weighted by Gasteiger charge is 2.45. The molecule has 0 saturated carbocycles. The Bertz CT molecular complexity index is 446. The Labute approximate surface area is 103 Å². The van der Waals surface area contributed by atoms with Gasteiger partial charge in [-0.05, 0) is 19.5 Å². The smallest absolute Gasteiger partial charge is 0.276 e. The van der Waals surface area contributed by atoms with Gasteiger partial charge < -0.3 is 4.52 Å². The van der Waals surface area contributed by atoms with E-state index in [0.717, 1.165) is 5.56 Å². The van der Waals surface area contributed by atoms with Crippen LogP contribution in [0.1, 0.15) is 18.6 Å². The standard InChI is InChI=1S/C13H18NO2P/c1-4-10-17(15)14(3)11(2)13(16-17)12-8-6-5-7-9-12/h4-9,11,13H,1,10H2,2-3H3/t11-,13-,17-/m0/s1. The molecule has 0 bridgehead atoms. The van der Waals surface area contributed by atoms with E-state index in [1.165, 1.54) is 0 Å². The lowest BCUT2D eigenvalue weighted by Gasteiger charge is -2.19. The summed E-state index contributed by atoms with van der Waals surface area (Å²) in [5, 5.41) is 0. The fourth-order valence-electron chi connectivity index (χ4n) is 2.13. The number of hydrogen-bond acceptors (Lipinski definition) is 2. The van der Waals surface area contributed by atoms with Crippen molar-refractivity contribution in [1.29, 1.82) is 0 Å². The second-order valence-electron chi connectivity index (χ2n) is 4.36. The van der Waals surface area contributed by atoms with Crippen LogP contribution >= 0.6 is 7.52 Å². The van der Waals surface area contributed by atoms with Gasteiger partial charge in [-0.15, -0.1) is 6.58 Å². The van der Waals surface area contributed by atoms with E-state index < -0.39 is 7.52 Å². The lowest BCUT2D eigenvalue weighted by molar-refractivity contribution is 0.211. The van der Waals surface area contributed by atoms with E-state index in [4.69, 9.17) is 4.52 Å². The summed E-state index contributed by atoms with van der Waals surface area (Å²) < 4.78 is 20.2. The van der Waals surface area contributed by atoms with Gasteiger partial charge >= 0.3 is 0 Å². The quantitative estimate of drug-likeness (QED) is 0.608. The van der Waals surface area contributed by atoms with E-state index in [2.05, 4.69) is 6.58 Å². The van der Waals surface area contributed by atoms with Crippen molar-refractivity contribution in [2.45, 2.75) is 19.1 Å². The lowest BCUT2D eigenvalue weighted by atomic mass is 10.0. The van der Waals surface area contributed by atoms with Crippen molar-refractivity contribution < 1.29 is 9.09 Å². The maximum atomic E-state index is 12.6. The molecule has 1 aliphatic rings. The Morgan fingerprint density at radius 2 is 2.12 bits per heavy atom. The molecule has 0 unspecified atom stereocenters. The molecule has 1 saturated heterocycles. The van der Waals surface area contributed by atoms with Gasteiger partial charge in [0.15, 0.2) is 0 Å². The van der Waals surface area contributed by atoms with Gasteiger partial charge in [0.05, 0.1) is 6.16 Å². The van der Waals surface area contributed by atoms with Gasteiger partial charge in [0.25, 0.3) is 7.52 Å². The second kappa shape index (κ2) is 4.77. The normalized spacial score (nSPS) is 33.8. The average molecular weight is 251 g/mol. The van der Waals surface area contributed by atoms with E-state index in [1.54, 1.807) is 6.08 Å². The third kappa shape index (κ3) is 2.23. The monoisotopic (exact) mass is 251 g/mol. The molecule has 3 atom stereocenters. The van der Waals surface area contributed by atoms with Crippen LogP contribution in [-0.2, 0) is 9.09 Å². The third-order valence-electron chi connectivity index (χ3n) is 3.27. The molecular formula is C13H18NO2P. The third-order valence-corrected chi connectivity index (χ3v) is 5.88. The fraction of sp³-hybridized carbons (Fsp3) is 0.385. The molecule has 3 nitrogen and oxygen atoms in total. The van der Waals surface area contributed by atoms with Crippen molar-refractivity contribution >= 4 is 7.52 Å². The van der Waals surface area contributed by atoms with Crippen LogP contribution in [0.15, 0.2) is 43.0 Å². The first-order valence-electron chi connectivity index (χ1n) is 5.75. The summed E-state index contributed by atoms with van der Waals surface area (Å²) in [6.45, 7) is 5.69. The summed E-state index contributed by atoms with van der Waals surface area (Å²) in [5.74, 6) is 0. The largest absolute Gasteiger partial charge is 0.307 e. The molecule has 0 aromatic heterocycles. The average Bonchev–Trinajstić information content (AvgIpc) is 2.56. The van der Waals surface area contributed by atoms with E-state index in [9.17, 15) is 4.57 Å². The van der Waals surface area contributed by atoms with Crippen molar-refractivity contribution in [3.8, 4) is 0 Å². The maximum absolute atomic E-state index is 12.6. The van der Waals surface area contributed by atoms with Crippen LogP contribution in [0.4, 0.5) is 0 Å². The SMILES string of the molecule is C=CC[P@]1(=O)O[C@H](c2ccccc2)[C@H](C)N1C. The van der Waals surface area contributed by atoms with Gasteiger partial charge in [0.2, 0.25) is 0 Å².